The van der Waals surface area contributed by atoms with Crippen molar-refractivity contribution in [2.45, 2.75) is 11.1 Å². The second kappa shape index (κ2) is 10.9. The Balaban J connectivity index is 0.00000107. The van der Waals surface area contributed by atoms with Crippen molar-refractivity contribution >= 4 is 48.5 Å². The molecule has 0 fully saturated rings. The van der Waals surface area contributed by atoms with E-state index in [9.17, 15) is 0 Å². The first-order chi connectivity index (χ1) is 16.8. The minimum atomic E-state index is -2.79. The van der Waals surface area contributed by atoms with Gasteiger partial charge in [-0.25, -0.2) is 0 Å². The minimum absolute atomic E-state index is 0. The minimum Gasteiger partial charge on any atom is -0.159 e. The quantitative estimate of drug-likeness (QED) is 0.146. The maximum atomic E-state index is 8.33. The van der Waals surface area contributed by atoms with Crippen LogP contribution < -0.4 is 5.19 Å². The van der Waals surface area contributed by atoms with Gasteiger partial charge in [0.1, 0.15) is 0 Å². The van der Waals surface area contributed by atoms with Crippen LogP contribution in [0, 0.1) is 0 Å². The van der Waals surface area contributed by atoms with E-state index in [2.05, 4.69) is 127 Å². The summed E-state index contributed by atoms with van der Waals surface area (Å²) >= 11 is 8.33. The summed E-state index contributed by atoms with van der Waals surface area (Å²) in [7, 11) is -2.79. The fraction of sp³-hybridized carbons (Fsp3) is 0.0625. The van der Waals surface area contributed by atoms with Gasteiger partial charge in [0.15, 0.2) is 0 Å². The van der Waals surface area contributed by atoms with Crippen LogP contribution in [0.5, 0.6) is 0 Å². The Morgan fingerprint density at radius 3 is 1.00 bits per heavy atom. The van der Waals surface area contributed by atoms with E-state index in [0.717, 1.165) is 0 Å². The van der Waals surface area contributed by atoms with Gasteiger partial charge in [-0.3, -0.25) is 0 Å². The van der Waals surface area contributed by atoms with Crippen molar-refractivity contribution < 1.29 is 21.7 Å². The van der Waals surface area contributed by atoms with E-state index in [1.807, 2.05) is 0 Å². The van der Waals surface area contributed by atoms with E-state index in [1.54, 1.807) is 0 Å². The van der Waals surface area contributed by atoms with Crippen LogP contribution in [0.1, 0.15) is 33.3 Å². The molecular formula is C32H25Cl3SiTi. The number of rotatable bonds is 3. The van der Waals surface area contributed by atoms with Crippen molar-refractivity contribution in [1.29, 1.82) is 0 Å². The van der Waals surface area contributed by atoms with Gasteiger partial charge in [0.2, 0.25) is 7.38 Å². The first-order valence-corrected chi connectivity index (χ1v) is 15.1. The predicted octanol–water partition coefficient (Wildman–Crippen LogP) is 8.62. The molecule has 5 heteroatoms. The molecule has 5 aromatic carbocycles. The molecule has 0 saturated heterocycles. The fourth-order valence-electron chi connectivity index (χ4n) is 6.41. The molecule has 0 bridgehead atoms. The normalized spacial score (nSPS) is 13.2. The van der Waals surface area contributed by atoms with Crippen LogP contribution in [0.2, 0.25) is 0 Å². The van der Waals surface area contributed by atoms with Crippen molar-refractivity contribution in [3.63, 3.8) is 0 Å². The number of halogens is 3. The Bertz CT molecular complexity index is 1370. The van der Waals surface area contributed by atoms with Gasteiger partial charge in [0.25, 0.3) is 0 Å². The first kappa shape index (κ1) is 27.9. The molecule has 0 aliphatic heterocycles. The van der Waals surface area contributed by atoms with Crippen LogP contribution in [0.4, 0.5) is 0 Å². The number of fused-ring (bicyclic) bond motifs is 6. The molecule has 0 spiro atoms. The molecule has 5 aromatic rings. The van der Waals surface area contributed by atoms with E-state index in [4.69, 9.17) is 11.1 Å². The smallest absolute Gasteiger partial charge is 0.159 e. The zero-order valence-corrected chi connectivity index (χ0v) is 24.9. The molecule has 0 saturated carbocycles. The van der Waals surface area contributed by atoms with E-state index in [-0.39, 0.29) is 57.6 Å². The second-order valence-corrected chi connectivity index (χ2v) is 14.5. The van der Waals surface area contributed by atoms with Gasteiger partial charge < -0.3 is 0 Å². The zero-order chi connectivity index (χ0) is 22.7. The van der Waals surface area contributed by atoms with Crippen LogP contribution >= 0.6 is 35.9 Å². The Morgan fingerprint density at radius 2 is 0.676 bits per heavy atom. The monoisotopic (exact) mass is 590 g/mol. The maximum Gasteiger partial charge on any atom is 0.210 e. The Hall–Kier alpha value is -2.10. The summed E-state index contributed by atoms with van der Waals surface area (Å²) in [4.78, 5) is 0. The van der Waals surface area contributed by atoms with Gasteiger partial charge >= 0.3 is 0 Å². The van der Waals surface area contributed by atoms with Crippen molar-refractivity contribution in [1.82, 2.24) is 0 Å². The molecule has 0 aromatic heterocycles. The van der Waals surface area contributed by atoms with Gasteiger partial charge in [-0.1, -0.05) is 127 Å². The van der Waals surface area contributed by atoms with Crippen LogP contribution in [0.25, 0.3) is 22.3 Å². The summed E-state index contributed by atoms with van der Waals surface area (Å²) in [5.41, 5.74) is 11.1. The average molecular weight is 592 g/mol. The van der Waals surface area contributed by atoms with Crippen molar-refractivity contribution in [2.75, 3.05) is 0 Å². The number of hydrogen-bond donors (Lipinski definition) is 0. The second-order valence-electron chi connectivity index (χ2n) is 9.35. The van der Waals surface area contributed by atoms with Gasteiger partial charge in [0.05, 0.1) is 0 Å². The largest absolute Gasteiger partial charge is 0.210 e. The molecule has 0 radical (unpaired) electrons. The predicted molar refractivity (Wildman–Crippen MR) is 160 cm³/mol. The van der Waals surface area contributed by atoms with Crippen LogP contribution in [0.3, 0.4) is 0 Å². The standard InChI is InChI=1S/C32H23ClSi.2ClH.Ti/c33-34(22-12-2-1-3-13-22,31-27-18-8-4-14-23(27)24-15-5-9-19-28(24)31)32-29-20-10-6-16-25(29)26-17-7-11-21-30(26)32;;;/h1-21,31-32H;2*1H;. The molecule has 7 rings (SSSR count). The summed E-state index contributed by atoms with van der Waals surface area (Å²) in [5.74, 6) is 0. The molecule has 0 amide bonds. The zero-order valence-electron chi connectivity index (χ0n) is 20.0. The van der Waals surface area contributed by atoms with E-state index in [0.29, 0.717) is 0 Å². The van der Waals surface area contributed by atoms with Gasteiger partial charge in [-0.05, 0) is 49.7 Å². The Labute approximate surface area is 251 Å². The van der Waals surface area contributed by atoms with Crippen LogP contribution in [0.15, 0.2) is 127 Å². The van der Waals surface area contributed by atoms with E-state index >= 15 is 0 Å². The molecule has 0 heterocycles. The third kappa shape index (κ3) is 4.08. The van der Waals surface area contributed by atoms with Crippen LogP contribution in [-0.4, -0.2) is 7.38 Å². The fourth-order valence-corrected chi connectivity index (χ4v) is 12.7. The SMILES string of the molecule is Cl.Cl.Cl[Si](c1ccccc1)(C1c2ccccc2-c2ccccc21)C1c2ccccc2-c2ccccc21.[Ti]. The molecular weight excluding hydrogens is 567 g/mol. The third-order valence-electron chi connectivity index (χ3n) is 7.72. The van der Waals surface area contributed by atoms with Crippen molar-refractivity contribution in [3.05, 3.63) is 150 Å². The molecule has 0 atom stereocenters. The van der Waals surface area contributed by atoms with Crippen molar-refractivity contribution in [2.24, 2.45) is 0 Å². The summed E-state index contributed by atoms with van der Waals surface area (Å²) in [5, 5.41) is 1.30. The molecule has 0 unspecified atom stereocenters. The molecule has 2 aliphatic rings. The Kier molecular flexibility index (Phi) is 8.26. The number of benzene rings is 5. The van der Waals surface area contributed by atoms with Crippen LogP contribution in [-0.2, 0) is 21.7 Å². The molecule has 182 valence electrons. The molecule has 2 aliphatic carbocycles. The van der Waals surface area contributed by atoms with E-state index in [1.165, 1.54) is 49.7 Å². The summed E-state index contributed by atoms with van der Waals surface area (Å²) < 4.78 is 0. The molecule has 0 nitrogen and oxygen atoms in total. The Morgan fingerprint density at radius 1 is 0.405 bits per heavy atom. The van der Waals surface area contributed by atoms with Gasteiger partial charge in [-0.15, -0.1) is 24.8 Å². The first-order valence-electron chi connectivity index (χ1n) is 11.9. The number of hydrogen-bond acceptors (Lipinski definition) is 0. The van der Waals surface area contributed by atoms with Gasteiger partial charge in [0, 0.05) is 32.8 Å². The van der Waals surface area contributed by atoms with Crippen molar-refractivity contribution in [3.8, 4) is 22.3 Å². The molecule has 0 N–H and O–H groups in total. The summed E-state index contributed by atoms with van der Waals surface area (Å²) in [6.07, 6.45) is 0. The molecule has 37 heavy (non-hydrogen) atoms. The summed E-state index contributed by atoms with van der Waals surface area (Å²) in [6.45, 7) is 0. The summed E-state index contributed by atoms with van der Waals surface area (Å²) in [6, 6.07) is 46.5. The van der Waals surface area contributed by atoms with E-state index < -0.39 is 7.38 Å². The maximum absolute atomic E-state index is 8.33. The topological polar surface area (TPSA) is 0 Å². The third-order valence-corrected chi connectivity index (χ3v) is 13.8. The average Bonchev–Trinajstić information content (AvgIpc) is 3.43. The van der Waals surface area contributed by atoms with Gasteiger partial charge in [-0.2, -0.15) is 11.1 Å².